The number of hydrogen-bond donors (Lipinski definition) is 1. The summed E-state index contributed by atoms with van der Waals surface area (Å²) >= 11 is 1.46. The van der Waals surface area contributed by atoms with Gasteiger partial charge in [0.25, 0.3) is 5.91 Å². The summed E-state index contributed by atoms with van der Waals surface area (Å²) < 4.78 is 15.0. The zero-order valence-corrected chi connectivity index (χ0v) is 15.7. The molecule has 6 heteroatoms. The van der Waals surface area contributed by atoms with E-state index in [4.69, 9.17) is 0 Å². The Hall–Kier alpha value is -2.21. The van der Waals surface area contributed by atoms with E-state index < -0.39 is 0 Å². The van der Waals surface area contributed by atoms with Crippen molar-refractivity contribution < 1.29 is 9.18 Å². The molecule has 25 heavy (non-hydrogen) atoms. The number of fused-ring (bicyclic) bond motifs is 1. The van der Waals surface area contributed by atoms with Gasteiger partial charge in [0.15, 0.2) is 0 Å². The molecule has 0 saturated heterocycles. The maximum atomic E-state index is 13.0. The van der Waals surface area contributed by atoms with Gasteiger partial charge in [-0.2, -0.15) is 5.10 Å². The van der Waals surface area contributed by atoms with E-state index in [0.29, 0.717) is 10.8 Å². The van der Waals surface area contributed by atoms with Gasteiger partial charge in [-0.1, -0.05) is 26.0 Å². The van der Waals surface area contributed by atoms with E-state index >= 15 is 0 Å². The Kier molecular flexibility index (Phi) is 4.90. The molecule has 0 bridgehead atoms. The number of aryl methyl sites for hydroxylation is 1. The van der Waals surface area contributed by atoms with Gasteiger partial charge in [-0.05, 0) is 43.5 Å². The lowest BCUT2D eigenvalue weighted by atomic mass is 10.1. The summed E-state index contributed by atoms with van der Waals surface area (Å²) in [7, 11) is 0. The molecule has 132 valence electrons. The summed E-state index contributed by atoms with van der Waals surface area (Å²) in [5, 5.41) is 8.58. The summed E-state index contributed by atoms with van der Waals surface area (Å²) in [6.07, 6.45) is 0. The predicted molar refractivity (Wildman–Crippen MR) is 99.5 cm³/mol. The van der Waals surface area contributed by atoms with E-state index in [-0.39, 0.29) is 17.8 Å². The lowest BCUT2D eigenvalue weighted by molar-refractivity contribution is 0.0944. The number of benzene rings is 1. The minimum absolute atomic E-state index is 0.117. The van der Waals surface area contributed by atoms with Gasteiger partial charge >= 0.3 is 0 Å². The van der Waals surface area contributed by atoms with Gasteiger partial charge in [-0.3, -0.25) is 9.48 Å². The second kappa shape index (κ2) is 6.96. The quantitative estimate of drug-likeness (QED) is 0.718. The summed E-state index contributed by atoms with van der Waals surface area (Å²) in [4.78, 5) is 14.3. The van der Waals surface area contributed by atoms with E-state index in [9.17, 15) is 9.18 Å². The molecule has 0 spiro atoms. The third-order valence-electron chi connectivity index (χ3n) is 4.09. The number of hydrogen-bond acceptors (Lipinski definition) is 3. The maximum Gasteiger partial charge on any atom is 0.261 e. The summed E-state index contributed by atoms with van der Waals surface area (Å²) in [5.74, 6) is 0.0888. The third kappa shape index (κ3) is 3.74. The zero-order chi connectivity index (χ0) is 18.1. The Bertz CT molecular complexity index is 895. The minimum Gasteiger partial charge on any atom is -0.345 e. The van der Waals surface area contributed by atoms with E-state index in [0.717, 1.165) is 28.0 Å². The molecule has 3 aromatic rings. The Morgan fingerprint density at radius 2 is 1.96 bits per heavy atom. The first-order valence-electron chi connectivity index (χ1n) is 8.38. The molecule has 1 amide bonds. The number of carbonyl (C=O) groups excluding carboxylic acids is 1. The molecule has 1 aromatic carbocycles. The van der Waals surface area contributed by atoms with Gasteiger partial charge in [0.2, 0.25) is 0 Å². The maximum absolute atomic E-state index is 13.0. The number of halogens is 1. The average Bonchev–Trinajstić information content (AvgIpc) is 3.09. The third-order valence-corrected chi connectivity index (χ3v) is 5.23. The van der Waals surface area contributed by atoms with E-state index in [1.165, 1.54) is 23.5 Å². The number of thiophene rings is 1. The van der Waals surface area contributed by atoms with Crippen LogP contribution in [0.25, 0.3) is 10.2 Å². The van der Waals surface area contributed by atoms with Crippen LogP contribution in [0, 0.1) is 18.7 Å². The predicted octanol–water partition coefficient (Wildman–Crippen LogP) is 4.69. The normalized spacial score (nSPS) is 12.7. The van der Waals surface area contributed by atoms with E-state index in [1.54, 1.807) is 12.1 Å². The van der Waals surface area contributed by atoms with Crippen LogP contribution in [-0.4, -0.2) is 15.7 Å². The highest BCUT2D eigenvalue weighted by Gasteiger charge is 2.18. The van der Waals surface area contributed by atoms with Crippen LogP contribution < -0.4 is 5.32 Å². The molecule has 3 rings (SSSR count). The highest BCUT2D eigenvalue weighted by molar-refractivity contribution is 7.20. The van der Waals surface area contributed by atoms with Crippen LogP contribution in [0.15, 0.2) is 30.3 Å². The molecule has 1 atom stereocenters. The summed E-state index contributed by atoms with van der Waals surface area (Å²) in [6, 6.07) is 7.91. The number of nitrogens with zero attached hydrogens (tertiary/aromatic N) is 2. The van der Waals surface area contributed by atoms with Crippen LogP contribution in [0.5, 0.6) is 0 Å². The van der Waals surface area contributed by atoms with E-state index in [1.807, 2.05) is 24.6 Å². The van der Waals surface area contributed by atoms with Gasteiger partial charge in [0, 0.05) is 11.9 Å². The molecule has 2 heterocycles. The van der Waals surface area contributed by atoms with Crippen molar-refractivity contribution in [2.24, 2.45) is 5.92 Å². The van der Waals surface area contributed by atoms with Crippen molar-refractivity contribution >= 4 is 27.5 Å². The van der Waals surface area contributed by atoms with Crippen molar-refractivity contribution in [2.45, 2.75) is 40.3 Å². The first-order valence-corrected chi connectivity index (χ1v) is 9.20. The van der Waals surface area contributed by atoms with Gasteiger partial charge in [0.05, 0.1) is 16.6 Å². The molecule has 0 aliphatic rings. The molecule has 4 nitrogen and oxygen atoms in total. The largest absolute Gasteiger partial charge is 0.345 e. The Morgan fingerprint density at radius 1 is 1.28 bits per heavy atom. The van der Waals surface area contributed by atoms with Crippen molar-refractivity contribution in [3.05, 3.63) is 52.3 Å². The lowest BCUT2D eigenvalue weighted by Gasteiger charge is -2.13. The fourth-order valence-corrected chi connectivity index (χ4v) is 3.87. The topological polar surface area (TPSA) is 46.9 Å². The van der Waals surface area contributed by atoms with Crippen LogP contribution in [0.3, 0.4) is 0 Å². The molecule has 1 N–H and O–H groups in total. The summed E-state index contributed by atoms with van der Waals surface area (Å²) in [6.45, 7) is 8.99. The molecule has 1 unspecified atom stereocenters. The van der Waals surface area contributed by atoms with Crippen molar-refractivity contribution in [1.29, 1.82) is 0 Å². The van der Waals surface area contributed by atoms with Gasteiger partial charge < -0.3 is 5.32 Å². The number of aromatic nitrogens is 2. The van der Waals surface area contributed by atoms with Gasteiger partial charge in [-0.15, -0.1) is 11.3 Å². The summed E-state index contributed by atoms with van der Waals surface area (Å²) in [5.41, 5.74) is 1.82. The molecule has 0 aliphatic heterocycles. The molecule has 0 aliphatic carbocycles. The lowest BCUT2D eigenvalue weighted by Crippen LogP contribution is -2.25. The van der Waals surface area contributed by atoms with Crippen molar-refractivity contribution in [1.82, 2.24) is 15.1 Å². The molecular formula is C19H22FN3OS. The van der Waals surface area contributed by atoms with Crippen LogP contribution in [0.2, 0.25) is 0 Å². The molecule has 0 fully saturated rings. The van der Waals surface area contributed by atoms with Gasteiger partial charge in [-0.25, -0.2) is 4.39 Å². The molecule has 2 aromatic heterocycles. The zero-order valence-electron chi connectivity index (χ0n) is 14.8. The second-order valence-electron chi connectivity index (χ2n) is 6.74. The first-order chi connectivity index (χ1) is 11.8. The fraction of sp³-hybridized carbons (Fsp3) is 0.368. The molecular weight excluding hydrogens is 337 g/mol. The SMILES string of the molecule is Cc1nn(CC(C)C)c2sc(C(=O)NC(C)c3ccc(F)cc3)cc12. The highest BCUT2D eigenvalue weighted by atomic mass is 32.1. The fourth-order valence-electron chi connectivity index (χ4n) is 2.80. The average molecular weight is 359 g/mol. The highest BCUT2D eigenvalue weighted by Crippen LogP contribution is 2.29. The minimum atomic E-state index is -0.281. The number of carbonyl (C=O) groups is 1. The Labute approximate surface area is 150 Å². The Morgan fingerprint density at radius 3 is 2.60 bits per heavy atom. The number of rotatable bonds is 5. The van der Waals surface area contributed by atoms with Crippen LogP contribution in [0.4, 0.5) is 4.39 Å². The standard InChI is InChI=1S/C19H22FN3OS/c1-11(2)10-23-19-16(13(4)22-23)9-17(25-19)18(24)21-12(3)14-5-7-15(20)8-6-14/h5-9,11-12H,10H2,1-4H3,(H,21,24). The number of nitrogens with one attached hydrogen (secondary N) is 1. The number of amides is 1. The monoisotopic (exact) mass is 359 g/mol. The molecule has 0 saturated carbocycles. The van der Waals surface area contributed by atoms with Crippen LogP contribution in [0.1, 0.15) is 47.7 Å². The van der Waals surface area contributed by atoms with Crippen molar-refractivity contribution in [2.75, 3.05) is 0 Å². The second-order valence-corrected chi connectivity index (χ2v) is 7.77. The van der Waals surface area contributed by atoms with Gasteiger partial charge in [0.1, 0.15) is 10.6 Å². The Balaban J connectivity index is 1.81. The first kappa shape index (κ1) is 17.6. The molecule has 0 radical (unpaired) electrons. The van der Waals surface area contributed by atoms with Crippen molar-refractivity contribution in [3.8, 4) is 0 Å². The van der Waals surface area contributed by atoms with Crippen LogP contribution >= 0.6 is 11.3 Å². The van der Waals surface area contributed by atoms with Crippen LogP contribution in [-0.2, 0) is 6.54 Å². The van der Waals surface area contributed by atoms with E-state index in [2.05, 4.69) is 24.3 Å². The smallest absolute Gasteiger partial charge is 0.261 e. The van der Waals surface area contributed by atoms with Crippen molar-refractivity contribution in [3.63, 3.8) is 0 Å².